The molecule has 0 atom stereocenters. The van der Waals surface area contributed by atoms with Crippen molar-refractivity contribution in [2.45, 2.75) is 6.92 Å². The summed E-state index contributed by atoms with van der Waals surface area (Å²) in [6, 6.07) is 8.33. The van der Waals surface area contributed by atoms with Crippen LogP contribution >= 0.6 is 27.3 Å². The molecule has 4 heteroatoms. The third-order valence-corrected chi connectivity index (χ3v) is 4.14. The lowest BCUT2D eigenvalue weighted by Gasteiger charge is -1.89. The molecular formula is C12H9BrN2S. The molecule has 2 heterocycles. The highest BCUT2D eigenvalue weighted by atomic mass is 79.9. The van der Waals surface area contributed by atoms with E-state index in [-0.39, 0.29) is 0 Å². The molecular weight excluding hydrogens is 284 g/mol. The topological polar surface area (TPSA) is 28.7 Å². The Bertz CT molecular complexity index is 654. The molecule has 3 aromatic rings. The number of hydrogen-bond acceptors (Lipinski definition) is 2. The molecule has 1 aromatic carbocycles. The van der Waals surface area contributed by atoms with E-state index in [4.69, 9.17) is 0 Å². The average molecular weight is 293 g/mol. The molecule has 0 radical (unpaired) electrons. The van der Waals surface area contributed by atoms with Gasteiger partial charge in [-0.1, -0.05) is 6.07 Å². The summed E-state index contributed by atoms with van der Waals surface area (Å²) in [5, 5.41) is 2.06. The van der Waals surface area contributed by atoms with Gasteiger partial charge in [0.1, 0.15) is 5.82 Å². The molecule has 0 spiro atoms. The van der Waals surface area contributed by atoms with E-state index in [2.05, 4.69) is 56.4 Å². The Morgan fingerprint density at radius 3 is 2.94 bits per heavy atom. The van der Waals surface area contributed by atoms with Crippen LogP contribution < -0.4 is 0 Å². The Balaban J connectivity index is 2.18. The van der Waals surface area contributed by atoms with Crippen LogP contribution in [0.1, 0.15) is 5.56 Å². The number of aromatic amines is 1. The summed E-state index contributed by atoms with van der Waals surface area (Å²) in [6.45, 7) is 2.09. The summed E-state index contributed by atoms with van der Waals surface area (Å²) in [5.41, 5.74) is 3.36. The van der Waals surface area contributed by atoms with Crippen LogP contribution in [-0.4, -0.2) is 9.97 Å². The van der Waals surface area contributed by atoms with Crippen LogP contribution in [0.4, 0.5) is 0 Å². The summed E-state index contributed by atoms with van der Waals surface area (Å²) in [7, 11) is 0. The van der Waals surface area contributed by atoms with Crippen LogP contribution in [0.25, 0.3) is 21.7 Å². The molecule has 0 unspecified atom stereocenters. The third-order valence-electron chi connectivity index (χ3n) is 2.44. The van der Waals surface area contributed by atoms with Gasteiger partial charge in [-0.25, -0.2) is 4.98 Å². The van der Waals surface area contributed by atoms with E-state index in [0.717, 1.165) is 26.2 Å². The molecule has 0 fully saturated rings. The first-order chi connectivity index (χ1) is 7.72. The Morgan fingerprint density at radius 2 is 2.19 bits per heavy atom. The van der Waals surface area contributed by atoms with Crippen molar-refractivity contribution >= 4 is 38.3 Å². The fraction of sp³-hybridized carbons (Fsp3) is 0.0833. The second-order valence-corrected chi connectivity index (χ2v) is 5.56. The van der Waals surface area contributed by atoms with Crippen molar-refractivity contribution in [2.24, 2.45) is 0 Å². The van der Waals surface area contributed by atoms with Crippen molar-refractivity contribution in [3.63, 3.8) is 0 Å². The maximum atomic E-state index is 4.57. The number of aryl methyl sites for hydroxylation is 1. The Morgan fingerprint density at radius 1 is 1.31 bits per heavy atom. The number of thiophene rings is 1. The van der Waals surface area contributed by atoms with E-state index in [1.54, 1.807) is 11.3 Å². The Kier molecular flexibility index (Phi) is 2.33. The van der Waals surface area contributed by atoms with Gasteiger partial charge in [0.25, 0.3) is 0 Å². The molecule has 0 aliphatic carbocycles. The van der Waals surface area contributed by atoms with Gasteiger partial charge in [-0.2, -0.15) is 0 Å². The highest BCUT2D eigenvalue weighted by Gasteiger charge is 2.07. The van der Waals surface area contributed by atoms with Gasteiger partial charge in [0.2, 0.25) is 0 Å². The van der Waals surface area contributed by atoms with Crippen LogP contribution in [0.3, 0.4) is 0 Å². The maximum absolute atomic E-state index is 4.57. The van der Waals surface area contributed by atoms with E-state index in [1.807, 2.05) is 6.07 Å². The Hall–Kier alpha value is -1.13. The third kappa shape index (κ3) is 1.68. The molecule has 3 rings (SSSR count). The first-order valence-corrected chi connectivity index (χ1v) is 6.60. The maximum Gasteiger partial charge on any atom is 0.148 e. The number of nitrogens with one attached hydrogen (secondary N) is 1. The van der Waals surface area contributed by atoms with Gasteiger partial charge in [0.15, 0.2) is 0 Å². The molecule has 2 nitrogen and oxygen atoms in total. The molecule has 1 N–H and O–H groups in total. The summed E-state index contributed by atoms with van der Waals surface area (Å²) in [6.07, 6.45) is 0. The lowest BCUT2D eigenvalue weighted by molar-refractivity contribution is 1.36. The molecule has 0 saturated carbocycles. The monoisotopic (exact) mass is 292 g/mol. The quantitative estimate of drug-likeness (QED) is 0.709. The highest BCUT2D eigenvalue weighted by Crippen LogP contribution is 2.29. The fourth-order valence-corrected chi connectivity index (χ4v) is 3.05. The van der Waals surface area contributed by atoms with E-state index in [0.29, 0.717) is 0 Å². The average Bonchev–Trinajstić information content (AvgIpc) is 2.83. The lowest BCUT2D eigenvalue weighted by Crippen LogP contribution is -1.72. The van der Waals surface area contributed by atoms with E-state index < -0.39 is 0 Å². The number of benzene rings is 1. The minimum Gasteiger partial charge on any atom is -0.337 e. The number of aromatic nitrogens is 2. The van der Waals surface area contributed by atoms with Gasteiger partial charge in [-0.15, -0.1) is 11.3 Å². The first kappa shape index (κ1) is 10.1. The van der Waals surface area contributed by atoms with Gasteiger partial charge >= 0.3 is 0 Å². The van der Waals surface area contributed by atoms with Crippen molar-refractivity contribution in [2.75, 3.05) is 0 Å². The van der Waals surface area contributed by atoms with E-state index >= 15 is 0 Å². The summed E-state index contributed by atoms with van der Waals surface area (Å²) >= 11 is 5.14. The number of imidazole rings is 1. The number of H-pyrrole nitrogens is 1. The Labute approximate surface area is 105 Å². The molecule has 80 valence electrons. The van der Waals surface area contributed by atoms with Crippen molar-refractivity contribution in [1.82, 2.24) is 9.97 Å². The second kappa shape index (κ2) is 3.71. The smallest absolute Gasteiger partial charge is 0.148 e. The minimum atomic E-state index is 0.941. The summed E-state index contributed by atoms with van der Waals surface area (Å²) in [5.74, 6) is 0.941. The van der Waals surface area contributed by atoms with Crippen LogP contribution in [0.15, 0.2) is 34.1 Å². The van der Waals surface area contributed by atoms with Crippen molar-refractivity contribution in [3.8, 4) is 10.7 Å². The van der Waals surface area contributed by atoms with Gasteiger partial charge in [-0.05, 0) is 46.6 Å². The van der Waals surface area contributed by atoms with Gasteiger partial charge in [0, 0.05) is 9.85 Å². The molecule has 2 aromatic heterocycles. The zero-order chi connectivity index (χ0) is 11.1. The van der Waals surface area contributed by atoms with Crippen LogP contribution in [0.5, 0.6) is 0 Å². The standard InChI is InChI=1S/C12H9BrN2S/c1-7-2-3-9-10(4-7)15-12(14-9)11-5-8(13)6-16-11/h2-6H,1H3,(H,14,15). The summed E-state index contributed by atoms with van der Waals surface area (Å²) in [4.78, 5) is 9.07. The van der Waals surface area contributed by atoms with E-state index in [9.17, 15) is 0 Å². The number of rotatable bonds is 1. The van der Waals surface area contributed by atoms with Crippen LogP contribution in [0, 0.1) is 6.92 Å². The SMILES string of the molecule is Cc1ccc2nc(-c3cc(Br)cs3)[nH]c2c1. The van der Waals surface area contributed by atoms with Gasteiger partial charge in [0.05, 0.1) is 15.9 Å². The van der Waals surface area contributed by atoms with Crippen molar-refractivity contribution in [3.05, 3.63) is 39.7 Å². The molecule has 0 saturated heterocycles. The highest BCUT2D eigenvalue weighted by molar-refractivity contribution is 9.10. The molecule has 0 amide bonds. The number of hydrogen-bond donors (Lipinski definition) is 1. The van der Waals surface area contributed by atoms with Crippen LogP contribution in [0.2, 0.25) is 0 Å². The molecule has 0 aliphatic heterocycles. The van der Waals surface area contributed by atoms with E-state index in [1.165, 1.54) is 5.56 Å². The fourth-order valence-electron chi connectivity index (χ4n) is 1.68. The molecule has 0 aliphatic rings. The molecule has 0 bridgehead atoms. The largest absolute Gasteiger partial charge is 0.337 e. The normalized spacial score (nSPS) is 11.1. The van der Waals surface area contributed by atoms with Crippen molar-refractivity contribution < 1.29 is 0 Å². The predicted molar refractivity (Wildman–Crippen MR) is 71.8 cm³/mol. The zero-order valence-electron chi connectivity index (χ0n) is 8.62. The van der Waals surface area contributed by atoms with Crippen molar-refractivity contribution in [1.29, 1.82) is 0 Å². The second-order valence-electron chi connectivity index (χ2n) is 3.74. The molecule has 16 heavy (non-hydrogen) atoms. The number of nitrogens with zero attached hydrogens (tertiary/aromatic N) is 1. The predicted octanol–water partition coefficient (Wildman–Crippen LogP) is 4.36. The minimum absolute atomic E-state index is 0.941. The first-order valence-electron chi connectivity index (χ1n) is 4.93. The summed E-state index contributed by atoms with van der Waals surface area (Å²) < 4.78 is 1.10. The number of halogens is 1. The van der Waals surface area contributed by atoms with Gasteiger partial charge < -0.3 is 4.98 Å². The zero-order valence-corrected chi connectivity index (χ0v) is 11.0. The number of fused-ring (bicyclic) bond motifs is 1. The van der Waals surface area contributed by atoms with Gasteiger partial charge in [-0.3, -0.25) is 0 Å². The lowest BCUT2D eigenvalue weighted by atomic mass is 10.2. The van der Waals surface area contributed by atoms with Crippen LogP contribution in [-0.2, 0) is 0 Å².